The number of nitrogens with two attached hydrogens (primary N) is 1. The van der Waals surface area contributed by atoms with E-state index in [0.717, 1.165) is 5.56 Å². The van der Waals surface area contributed by atoms with Gasteiger partial charge < -0.3 is 15.5 Å². The Bertz CT molecular complexity index is 681. The Hall–Kier alpha value is -2.05. The first-order valence-electron chi connectivity index (χ1n) is 9.22. The van der Waals surface area contributed by atoms with Gasteiger partial charge in [-0.05, 0) is 44.3 Å². The molecule has 0 atom stereocenters. The number of allylic oxidation sites excluding steroid dienone is 2. The van der Waals surface area contributed by atoms with E-state index in [9.17, 15) is 10.1 Å². The zero-order valence-electron chi connectivity index (χ0n) is 16.7. The molecule has 0 aromatic heterocycles. The van der Waals surface area contributed by atoms with Crippen LogP contribution in [0.25, 0.3) is 5.70 Å². The molecule has 1 aromatic rings. The standard InChI is InChI=1S/C10H11ClN2O2.C10H20N2/c1-6-3-4-8(11)5-9(6)10(12)7(2)13(14)15;1-3-4-5-6-12-9-7-11(2)8-10-12/h3-5H,12H2,1-2H3;5-6H,3-4,7-10H2,1-2H3/b10-7-;6-5-. The van der Waals surface area contributed by atoms with Crippen molar-refractivity contribution < 1.29 is 4.92 Å². The van der Waals surface area contributed by atoms with Crippen molar-refractivity contribution in [2.24, 2.45) is 5.73 Å². The van der Waals surface area contributed by atoms with Crippen LogP contribution in [0, 0.1) is 17.0 Å². The van der Waals surface area contributed by atoms with Crippen molar-refractivity contribution in [1.29, 1.82) is 0 Å². The molecule has 7 heteroatoms. The number of likely N-dealkylation sites (N-methyl/N-ethyl adjacent to an activating group) is 1. The molecule has 0 spiro atoms. The summed E-state index contributed by atoms with van der Waals surface area (Å²) in [7, 11) is 2.19. The second kappa shape index (κ2) is 11.6. The number of aryl methyl sites for hydroxylation is 1. The van der Waals surface area contributed by atoms with Crippen LogP contribution in [-0.4, -0.2) is 47.9 Å². The van der Waals surface area contributed by atoms with E-state index in [4.69, 9.17) is 17.3 Å². The lowest BCUT2D eigenvalue weighted by Crippen LogP contribution is -2.41. The van der Waals surface area contributed by atoms with Crippen molar-refractivity contribution in [3.63, 3.8) is 0 Å². The molecule has 0 radical (unpaired) electrons. The Kier molecular flexibility index (Phi) is 9.89. The predicted molar refractivity (Wildman–Crippen MR) is 113 cm³/mol. The van der Waals surface area contributed by atoms with E-state index in [0.29, 0.717) is 10.6 Å². The van der Waals surface area contributed by atoms with Crippen LogP contribution in [0.1, 0.15) is 37.8 Å². The van der Waals surface area contributed by atoms with Crippen LogP contribution in [0.2, 0.25) is 5.02 Å². The Balaban J connectivity index is 0.000000277. The van der Waals surface area contributed by atoms with E-state index in [-0.39, 0.29) is 11.4 Å². The summed E-state index contributed by atoms with van der Waals surface area (Å²) in [5.74, 6) is 0. The maximum atomic E-state index is 10.5. The number of hydrogen-bond donors (Lipinski definition) is 1. The Morgan fingerprint density at radius 1 is 1.33 bits per heavy atom. The third kappa shape index (κ3) is 8.01. The Labute approximate surface area is 167 Å². The molecule has 0 unspecified atom stereocenters. The average Bonchev–Trinajstić information content (AvgIpc) is 2.65. The molecule has 1 fully saturated rings. The van der Waals surface area contributed by atoms with Crippen molar-refractivity contribution in [3.05, 3.63) is 62.4 Å². The Morgan fingerprint density at radius 3 is 2.52 bits per heavy atom. The van der Waals surface area contributed by atoms with Crippen LogP contribution >= 0.6 is 11.6 Å². The van der Waals surface area contributed by atoms with Gasteiger partial charge in [-0.1, -0.05) is 37.1 Å². The van der Waals surface area contributed by atoms with Crippen molar-refractivity contribution in [1.82, 2.24) is 9.80 Å². The van der Waals surface area contributed by atoms with E-state index in [1.807, 2.05) is 6.92 Å². The van der Waals surface area contributed by atoms with Gasteiger partial charge in [-0.15, -0.1) is 0 Å². The molecule has 0 amide bonds. The summed E-state index contributed by atoms with van der Waals surface area (Å²) in [4.78, 5) is 14.8. The molecule has 1 saturated heterocycles. The molecule has 0 aliphatic carbocycles. The lowest BCUT2D eigenvalue weighted by molar-refractivity contribution is -0.423. The molecular weight excluding hydrogens is 364 g/mol. The lowest BCUT2D eigenvalue weighted by Gasteiger charge is -2.31. The summed E-state index contributed by atoms with van der Waals surface area (Å²) in [6, 6.07) is 5.12. The number of unbranched alkanes of at least 4 members (excludes halogenated alkanes) is 1. The zero-order valence-corrected chi connectivity index (χ0v) is 17.5. The van der Waals surface area contributed by atoms with Gasteiger partial charge in [0, 0.05) is 43.7 Å². The molecule has 27 heavy (non-hydrogen) atoms. The predicted octanol–water partition coefficient (Wildman–Crippen LogP) is 4.12. The van der Waals surface area contributed by atoms with Gasteiger partial charge in [-0.25, -0.2) is 0 Å². The fraction of sp³-hybridized carbons (Fsp3) is 0.500. The molecule has 1 heterocycles. The number of nitro groups is 1. The first kappa shape index (κ1) is 23.0. The van der Waals surface area contributed by atoms with Crippen molar-refractivity contribution in [2.45, 2.75) is 33.6 Å². The van der Waals surface area contributed by atoms with Crippen LogP contribution in [0.4, 0.5) is 0 Å². The van der Waals surface area contributed by atoms with Crippen molar-refractivity contribution in [3.8, 4) is 0 Å². The maximum absolute atomic E-state index is 10.5. The molecular formula is C20H31ClN4O2. The minimum absolute atomic E-state index is 0.0691. The quantitative estimate of drug-likeness (QED) is 0.600. The van der Waals surface area contributed by atoms with Gasteiger partial charge in [0.1, 0.15) is 5.70 Å². The van der Waals surface area contributed by atoms with E-state index in [1.54, 1.807) is 18.2 Å². The lowest BCUT2D eigenvalue weighted by atomic mass is 10.1. The first-order valence-corrected chi connectivity index (χ1v) is 9.60. The molecule has 1 aliphatic heterocycles. The fourth-order valence-electron chi connectivity index (χ4n) is 2.54. The molecule has 0 bridgehead atoms. The van der Waals surface area contributed by atoms with Crippen molar-refractivity contribution in [2.75, 3.05) is 33.2 Å². The summed E-state index contributed by atoms with van der Waals surface area (Å²) in [5, 5.41) is 11.1. The minimum atomic E-state index is -0.504. The van der Waals surface area contributed by atoms with Gasteiger partial charge in [0.25, 0.3) is 5.70 Å². The van der Waals surface area contributed by atoms with Gasteiger partial charge >= 0.3 is 0 Å². The van der Waals surface area contributed by atoms with E-state index < -0.39 is 4.92 Å². The van der Waals surface area contributed by atoms with Crippen LogP contribution in [0.5, 0.6) is 0 Å². The monoisotopic (exact) mass is 394 g/mol. The molecule has 0 saturated carbocycles. The number of rotatable bonds is 5. The second-order valence-electron chi connectivity index (χ2n) is 6.73. The first-order chi connectivity index (χ1) is 12.8. The van der Waals surface area contributed by atoms with Crippen LogP contribution in [0.15, 0.2) is 36.2 Å². The largest absolute Gasteiger partial charge is 0.393 e. The fourth-order valence-corrected chi connectivity index (χ4v) is 2.71. The van der Waals surface area contributed by atoms with Gasteiger partial charge in [0.05, 0.1) is 4.92 Å². The maximum Gasteiger partial charge on any atom is 0.266 e. The molecule has 6 nitrogen and oxygen atoms in total. The van der Waals surface area contributed by atoms with Crippen molar-refractivity contribution >= 4 is 17.3 Å². The minimum Gasteiger partial charge on any atom is -0.393 e. The normalized spacial score (nSPS) is 16.0. The van der Waals surface area contributed by atoms with E-state index in [1.165, 1.54) is 45.9 Å². The summed E-state index contributed by atoms with van der Waals surface area (Å²) in [5.41, 5.74) is 7.24. The molecule has 2 N–H and O–H groups in total. The molecule has 1 aromatic carbocycles. The van der Waals surface area contributed by atoms with E-state index >= 15 is 0 Å². The highest BCUT2D eigenvalue weighted by Crippen LogP contribution is 2.22. The summed E-state index contributed by atoms with van der Waals surface area (Å²) >= 11 is 5.80. The van der Waals surface area contributed by atoms with Gasteiger partial charge in [0.2, 0.25) is 0 Å². The zero-order chi connectivity index (χ0) is 20.4. The third-order valence-corrected chi connectivity index (χ3v) is 4.70. The highest BCUT2D eigenvalue weighted by Gasteiger charge is 2.13. The number of hydrogen-bond acceptors (Lipinski definition) is 5. The van der Waals surface area contributed by atoms with E-state index in [2.05, 4.69) is 36.0 Å². The van der Waals surface area contributed by atoms with Gasteiger partial charge in [-0.2, -0.15) is 0 Å². The van der Waals surface area contributed by atoms with Crippen LogP contribution in [0.3, 0.4) is 0 Å². The smallest absolute Gasteiger partial charge is 0.266 e. The van der Waals surface area contributed by atoms with Crippen LogP contribution < -0.4 is 5.73 Å². The number of nitrogens with zero attached hydrogens (tertiary/aromatic N) is 3. The number of benzene rings is 1. The third-order valence-electron chi connectivity index (χ3n) is 4.46. The van der Waals surface area contributed by atoms with Gasteiger partial charge in [-0.3, -0.25) is 10.1 Å². The summed E-state index contributed by atoms with van der Waals surface area (Å²) in [6.45, 7) is 10.2. The van der Waals surface area contributed by atoms with Gasteiger partial charge in [0.15, 0.2) is 0 Å². The highest BCUT2D eigenvalue weighted by atomic mass is 35.5. The number of halogens is 1. The highest BCUT2D eigenvalue weighted by molar-refractivity contribution is 6.30. The SMILES string of the molecule is C/C(=C(/N)c1cc(Cl)ccc1C)[N+](=O)[O-].CCC/C=C\N1CCN(C)CC1. The second-order valence-corrected chi connectivity index (χ2v) is 7.16. The molecule has 150 valence electrons. The van der Waals surface area contributed by atoms with Crippen LogP contribution in [-0.2, 0) is 0 Å². The Morgan fingerprint density at radius 2 is 1.96 bits per heavy atom. The summed E-state index contributed by atoms with van der Waals surface area (Å²) < 4.78 is 0. The average molecular weight is 395 g/mol. The molecule has 2 rings (SSSR count). The summed E-state index contributed by atoms with van der Waals surface area (Å²) in [6.07, 6.45) is 7.01. The number of piperazine rings is 1. The topological polar surface area (TPSA) is 75.6 Å². The molecule has 1 aliphatic rings.